The summed E-state index contributed by atoms with van der Waals surface area (Å²) in [7, 11) is -1.76. The molecule has 1 aromatic carbocycles. The van der Waals surface area contributed by atoms with Crippen LogP contribution in [0.3, 0.4) is 0 Å². The molecule has 0 fully saturated rings. The Morgan fingerprint density at radius 2 is 1.75 bits per heavy atom. The lowest BCUT2D eigenvalue weighted by Crippen LogP contribution is -2.39. The summed E-state index contributed by atoms with van der Waals surface area (Å²) in [6, 6.07) is 7.37. The van der Waals surface area contributed by atoms with Gasteiger partial charge in [0.2, 0.25) is 0 Å². The van der Waals surface area contributed by atoms with Crippen molar-refractivity contribution in [2.24, 2.45) is 0 Å². The number of rotatable bonds is 5. The maximum absolute atomic E-state index is 13.1. The molecule has 0 aliphatic heterocycles. The second kappa shape index (κ2) is 5.34. The average Bonchev–Trinajstić information content (AvgIpc) is 2.31. The van der Waals surface area contributed by atoms with E-state index < -0.39 is 8.32 Å². The van der Waals surface area contributed by atoms with Gasteiger partial charge in [0.1, 0.15) is 11.6 Å². The van der Waals surface area contributed by atoms with Crippen LogP contribution in [0.4, 0.5) is 10.1 Å². The van der Waals surface area contributed by atoms with Gasteiger partial charge >= 0.3 is 0 Å². The van der Waals surface area contributed by atoms with Crippen molar-refractivity contribution >= 4 is 14.0 Å². The Morgan fingerprint density at radius 1 is 1.19 bits per heavy atom. The minimum Gasteiger partial charge on any atom is -0.542 e. The molecule has 0 aliphatic rings. The van der Waals surface area contributed by atoms with E-state index in [0.717, 1.165) is 18.1 Å². The van der Waals surface area contributed by atoms with Crippen LogP contribution in [0.15, 0.2) is 18.2 Å². The number of hydrogen-bond acceptors (Lipinski definition) is 2. The van der Waals surface area contributed by atoms with Crippen molar-refractivity contribution in [3.05, 3.63) is 24.0 Å². The van der Waals surface area contributed by atoms with Crippen LogP contribution in [0.2, 0.25) is 18.1 Å². The molecular weight excluding hydrogens is 221 g/mol. The minimum absolute atomic E-state index is 0.296. The number of nitrogens with two attached hydrogens (primary N) is 1. The lowest BCUT2D eigenvalue weighted by molar-refractivity contribution is 0.525. The lowest BCUT2D eigenvalue weighted by Gasteiger charge is -2.29. The molecule has 0 aromatic heterocycles. The molecule has 0 unspecified atom stereocenters. The average molecular weight is 241 g/mol. The SMILES string of the molecule is CC[Si](CC)(CC)Oc1cc(F)ccc1N. The first kappa shape index (κ1) is 13.0. The number of nitrogen functional groups attached to an aromatic ring is 1. The normalized spacial score (nSPS) is 11.5. The second-order valence-corrected chi connectivity index (χ2v) is 8.72. The first-order valence-corrected chi connectivity index (χ1v) is 8.34. The van der Waals surface area contributed by atoms with Gasteiger partial charge in [0.05, 0.1) is 5.69 Å². The summed E-state index contributed by atoms with van der Waals surface area (Å²) in [5, 5.41) is 0. The van der Waals surface area contributed by atoms with E-state index in [1.165, 1.54) is 12.1 Å². The van der Waals surface area contributed by atoms with Gasteiger partial charge in [-0.15, -0.1) is 0 Å². The van der Waals surface area contributed by atoms with Crippen molar-refractivity contribution in [3.63, 3.8) is 0 Å². The molecule has 0 aliphatic carbocycles. The third kappa shape index (κ3) is 2.75. The molecule has 0 radical (unpaired) electrons. The third-order valence-electron chi connectivity index (χ3n) is 3.24. The van der Waals surface area contributed by atoms with Crippen molar-refractivity contribution in [2.75, 3.05) is 5.73 Å². The maximum atomic E-state index is 13.1. The molecule has 2 N–H and O–H groups in total. The Morgan fingerprint density at radius 3 is 2.25 bits per heavy atom. The zero-order valence-electron chi connectivity index (χ0n) is 10.2. The van der Waals surface area contributed by atoms with Crippen LogP contribution in [0.25, 0.3) is 0 Å². The second-order valence-electron chi connectivity index (χ2n) is 4.03. The number of benzene rings is 1. The van der Waals surface area contributed by atoms with E-state index in [4.69, 9.17) is 10.2 Å². The van der Waals surface area contributed by atoms with Crippen molar-refractivity contribution in [1.29, 1.82) is 0 Å². The molecule has 0 spiro atoms. The highest BCUT2D eigenvalue weighted by Gasteiger charge is 2.31. The van der Waals surface area contributed by atoms with Crippen molar-refractivity contribution in [2.45, 2.75) is 38.9 Å². The standard InChI is InChI=1S/C12H20FNOSi/c1-4-16(5-2,6-3)15-12-9-10(13)7-8-11(12)14/h7-9H,4-6,14H2,1-3H3. The van der Waals surface area contributed by atoms with Crippen LogP contribution < -0.4 is 10.2 Å². The molecule has 16 heavy (non-hydrogen) atoms. The van der Waals surface area contributed by atoms with E-state index in [2.05, 4.69) is 20.8 Å². The van der Waals surface area contributed by atoms with E-state index in [1.807, 2.05) is 0 Å². The molecular formula is C12H20FNOSi. The molecule has 0 heterocycles. The Kier molecular flexibility index (Phi) is 4.35. The molecule has 4 heteroatoms. The fourth-order valence-electron chi connectivity index (χ4n) is 1.80. The smallest absolute Gasteiger partial charge is 0.250 e. The molecule has 0 saturated carbocycles. The van der Waals surface area contributed by atoms with E-state index in [9.17, 15) is 4.39 Å². The number of anilines is 1. The van der Waals surface area contributed by atoms with Gasteiger partial charge in [-0.25, -0.2) is 4.39 Å². The predicted octanol–water partition coefficient (Wildman–Crippen LogP) is 3.79. The fourth-order valence-corrected chi connectivity index (χ4v) is 4.37. The largest absolute Gasteiger partial charge is 0.542 e. The van der Waals surface area contributed by atoms with E-state index >= 15 is 0 Å². The highest BCUT2D eigenvalue weighted by Crippen LogP contribution is 2.30. The number of hydrogen-bond donors (Lipinski definition) is 1. The van der Waals surface area contributed by atoms with Crippen LogP contribution in [-0.2, 0) is 0 Å². The molecule has 0 atom stereocenters. The molecule has 0 amide bonds. The molecule has 90 valence electrons. The summed E-state index contributed by atoms with van der Waals surface area (Å²) in [4.78, 5) is 0. The van der Waals surface area contributed by atoms with Crippen LogP contribution in [0, 0.1) is 5.82 Å². The van der Waals surface area contributed by atoms with Gasteiger partial charge in [0, 0.05) is 6.07 Å². The summed E-state index contributed by atoms with van der Waals surface area (Å²) in [5.74, 6) is 0.215. The monoisotopic (exact) mass is 241 g/mol. The van der Waals surface area contributed by atoms with Gasteiger partial charge in [-0.2, -0.15) is 0 Å². The molecule has 0 saturated heterocycles. The highest BCUT2D eigenvalue weighted by atomic mass is 28.4. The van der Waals surface area contributed by atoms with Crippen LogP contribution in [-0.4, -0.2) is 8.32 Å². The van der Waals surface area contributed by atoms with Crippen molar-refractivity contribution in [3.8, 4) is 5.75 Å². The van der Waals surface area contributed by atoms with Crippen LogP contribution in [0.1, 0.15) is 20.8 Å². The van der Waals surface area contributed by atoms with Crippen LogP contribution in [0.5, 0.6) is 5.75 Å². The van der Waals surface area contributed by atoms with Gasteiger partial charge in [-0.05, 0) is 30.3 Å². The van der Waals surface area contributed by atoms with Gasteiger partial charge in [-0.1, -0.05) is 20.8 Å². The minimum atomic E-state index is -1.76. The van der Waals surface area contributed by atoms with E-state index in [-0.39, 0.29) is 5.82 Å². The van der Waals surface area contributed by atoms with Crippen molar-refractivity contribution < 1.29 is 8.82 Å². The Hall–Kier alpha value is -1.03. The van der Waals surface area contributed by atoms with E-state index in [0.29, 0.717) is 11.4 Å². The summed E-state index contributed by atoms with van der Waals surface area (Å²) in [6.07, 6.45) is 0. The van der Waals surface area contributed by atoms with Crippen molar-refractivity contribution in [1.82, 2.24) is 0 Å². The first-order chi connectivity index (χ1) is 7.56. The molecule has 2 nitrogen and oxygen atoms in total. The zero-order valence-corrected chi connectivity index (χ0v) is 11.2. The van der Waals surface area contributed by atoms with Crippen LogP contribution >= 0.6 is 0 Å². The molecule has 1 aromatic rings. The van der Waals surface area contributed by atoms with Gasteiger partial charge < -0.3 is 10.2 Å². The topological polar surface area (TPSA) is 35.2 Å². The predicted molar refractivity (Wildman–Crippen MR) is 68.6 cm³/mol. The molecule has 0 bridgehead atoms. The Bertz CT molecular complexity index is 345. The molecule has 1 rings (SSSR count). The highest BCUT2D eigenvalue weighted by molar-refractivity contribution is 6.74. The summed E-state index contributed by atoms with van der Waals surface area (Å²) in [6.45, 7) is 6.40. The quantitative estimate of drug-likeness (QED) is 0.628. The number of halogens is 1. The van der Waals surface area contributed by atoms with Gasteiger partial charge in [0.15, 0.2) is 0 Å². The fraction of sp³-hybridized carbons (Fsp3) is 0.500. The lowest BCUT2D eigenvalue weighted by atomic mass is 10.3. The Balaban J connectivity index is 2.97. The summed E-state index contributed by atoms with van der Waals surface area (Å²) >= 11 is 0. The third-order valence-corrected chi connectivity index (χ3v) is 7.75. The summed E-state index contributed by atoms with van der Waals surface area (Å²) in [5.41, 5.74) is 6.31. The van der Waals surface area contributed by atoms with Gasteiger partial charge in [0.25, 0.3) is 8.32 Å². The van der Waals surface area contributed by atoms with Gasteiger partial charge in [-0.3, -0.25) is 0 Å². The zero-order chi connectivity index (χ0) is 12.2. The maximum Gasteiger partial charge on any atom is 0.250 e. The summed E-state index contributed by atoms with van der Waals surface area (Å²) < 4.78 is 19.1. The Labute approximate surface area is 97.7 Å². The van der Waals surface area contributed by atoms with E-state index in [1.54, 1.807) is 6.07 Å². The first-order valence-electron chi connectivity index (χ1n) is 5.81.